The van der Waals surface area contributed by atoms with Gasteiger partial charge in [0.2, 0.25) is 11.8 Å². The van der Waals surface area contributed by atoms with E-state index in [4.69, 9.17) is 11.5 Å². The second-order valence-corrected chi connectivity index (χ2v) is 10.9. The number of amides is 2. The number of carbonyl (C=O) groups is 2. The zero-order chi connectivity index (χ0) is 30.2. The van der Waals surface area contributed by atoms with Crippen molar-refractivity contribution in [1.29, 1.82) is 0 Å². The molecule has 2 heterocycles. The minimum atomic E-state index is -0.533. The molecule has 222 valence electrons. The Labute approximate surface area is 247 Å². The van der Waals surface area contributed by atoms with Crippen molar-refractivity contribution in [2.75, 3.05) is 20.1 Å². The number of nitrogens with zero attached hydrogens (tertiary/aromatic N) is 4. The highest BCUT2D eigenvalue weighted by Crippen LogP contribution is 2.27. The summed E-state index contributed by atoms with van der Waals surface area (Å²) in [4.78, 5) is 39.8. The highest BCUT2D eigenvalue weighted by Gasteiger charge is 2.30. The van der Waals surface area contributed by atoms with Crippen LogP contribution in [0.4, 0.5) is 0 Å². The minimum absolute atomic E-state index is 0.0559. The van der Waals surface area contributed by atoms with Gasteiger partial charge in [0, 0.05) is 32.8 Å². The fourth-order valence-corrected chi connectivity index (χ4v) is 5.17. The number of aromatic amines is 1. The van der Waals surface area contributed by atoms with E-state index in [-0.39, 0.29) is 18.0 Å². The van der Waals surface area contributed by atoms with Crippen molar-refractivity contribution in [3.8, 4) is 22.4 Å². The molecule has 1 unspecified atom stereocenters. The number of hydrogen-bond donors (Lipinski definition) is 4. The van der Waals surface area contributed by atoms with Crippen LogP contribution in [-0.4, -0.2) is 76.7 Å². The maximum atomic E-state index is 12.5. The molecular weight excluding hydrogens is 528 g/mol. The van der Waals surface area contributed by atoms with Crippen LogP contribution in [-0.2, 0) is 16.0 Å². The predicted molar refractivity (Wildman–Crippen MR) is 168 cm³/mol. The highest BCUT2D eigenvalue weighted by atomic mass is 16.2. The number of likely N-dealkylation sites (tertiary alicyclic amines) is 1. The lowest BCUT2D eigenvalue weighted by Gasteiger charge is -2.28. The summed E-state index contributed by atoms with van der Waals surface area (Å²) < 4.78 is 0. The number of hydrogen-bond acceptors (Lipinski definition) is 7. The quantitative estimate of drug-likeness (QED) is 0.246. The molecular formula is C32H42N8O2. The molecule has 4 rings (SSSR count). The van der Waals surface area contributed by atoms with Gasteiger partial charge in [0.05, 0.1) is 29.7 Å². The summed E-state index contributed by atoms with van der Waals surface area (Å²) in [6, 6.07) is 15.6. The van der Waals surface area contributed by atoms with Crippen molar-refractivity contribution in [3.05, 3.63) is 72.3 Å². The summed E-state index contributed by atoms with van der Waals surface area (Å²) in [5.41, 5.74) is 17.5. The fraction of sp³-hybridized carbons (Fsp3) is 0.375. The van der Waals surface area contributed by atoms with Crippen molar-refractivity contribution in [2.24, 2.45) is 16.5 Å². The van der Waals surface area contributed by atoms with Crippen LogP contribution >= 0.6 is 0 Å². The Bertz CT molecular complexity index is 1390. The Hall–Kier alpha value is -4.28. The topological polar surface area (TPSA) is 146 Å². The van der Waals surface area contributed by atoms with Crippen LogP contribution in [0.3, 0.4) is 0 Å². The zero-order valence-electron chi connectivity index (χ0n) is 24.7. The van der Waals surface area contributed by atoms with Gasteiger partial charge in [-0.05, 0) is 62.1 Å². The summed E-state index contributed by atoms with van der Waals surface area (Å²) in [6.45, 7) is 8.36. The van der Waals surface area contributed by atoms with Gasteiger partial charge in [-0.25, -0.2) is 4.98 Å². The first-order valence-corrected chi connectivity index (χ1v) is 14.4. The Morgan fingerprint density at radius 3 is 2.38 bits per heavy atom. The van der Waals surface area contributed by atoms with Crippen LogP contribution < -0.4 is 16.8 Å². The molecule has 1 aromatic heterocycles. The van der Waals surface area contributed by atoms with Crippen LogP contribution in [0.25, 0.3) is 28.1 Å². The molecule has 1 aliphatic rings. The molecule has 3 atom stereocenters. The number of aromatic nitrogens is 2. The van der Waals surface area contributed by atoms with Crippen molar-refractivity contribution >= 4 is 24.2 Å². The molecule has 0 radical (unpaired) electrons. The summed E-state index contributed by atoms with van der Waals surface area (Å²) in [6.07, 6.45) is 6.73. The van der Waals surface area contributed by atoms with Gasteiger partial charge in [0.25, 0.3) is 0 Å². The molecule has 1 saturated heterocycles. The Balaban J connectivity index is 1.38. The lowest BCUT2D eigenvalue weighted by molar-refractivity contribution is -0.133. The van der Waals surface area contributed by atoms with E-state index >= 15 is 0 Å². The van der Waals surface area contributed by atoms with Crippen LogP contribution in [0.5, 0.6) is 0 Å². The second-order valence-electron chi connectivity index (χ2n) is 10.9. The molecule has 10 nitrogen and oxygen atoms in total. The summed E-state index contributed by atoms with van der Waals surface area (Å²) in [5.74, 6) is 0.776. The summed E-state index contributed by atoms with van der Waals surface area (Å²) >= 11 is 0. The largest absolute Gasteiger partial charge is 0.363 e. The molecule has 1 fully saturated rings. The SMILES string of the molecule is C=N/C=C(\NC1CCCN1C(=O)[C@H](C)N)c1ccc(-c2ccc(-c3cnc(CCCN(C)C(=O)[C@H](C)N)[nH]3)cc2)cc1. The van der Waals surface area contributed by atoms with Gasteiger partial charge in [0.15, 0.2) is 0 Å². The maximum Gasteiger partial charge on any atom is 0.240 e. The molecule has 0 saturated carbocycles. The maximum absolute atomic E-state index is 12.5. The van der Waals surface area contributed by atoms with E-state index in [9.17, 15) is 9.59 Å². The summed E-state index contributed by atoms with van der Waals surface area (Å²) in [5, 5.41) is 3.48. The van der Waals surface area contributed by atoms with Gasteiger partial charge >= 0.3 is 0 Å². The van der Waals surface area contributed by atoms with Crippen LogP contribution in [0.15, 0.2) is 65.9 Å². The van der Waals surface area contributed by atoms with Gasteiger partial charge in [-0.2, -0.15) is 0 Å². The van der Waals surface area contributed by atoms with Crippen LogP contribution in [0.1, 0.15) is 44.5 Å². The molecule has 2 amide bonds. The number of imidazole rings is 1. The number of benzene rings is 2. The Morgan fingerprint density at radius 2 is 1.76 bits per heavy atom. The molecule has 6 N–H and O–H groups in total. The number of carbonyl (C=O) groups excluding carboxylic acids is 2. The number of nitrogens with two attached hydrogens (primary N) is 2. The lowest BCUT2D eigenvalue weighted by Crippen LogP contribution is -2.49. The third-order valence-electron chi connectivity index (χ3n) is 7.49. The van der Waals surface area contributed by atoms with Crippen LogP contribution in [0, 0.1) is 0 Å². The first-order valence-electron chi connectivity index (χ1n) is 14.4. The van der Waals surface area contributed by atoms with E-state index in [0.717, 1.165) is 65.2 Å². The van der Waals surface area contributed by atoms with Crippen molar-refractivity contribution in [2.45, 2.75) is 57.8 Å². The van der Waals surface area contributed by atoms with Gasteiger partial charge in [0.1, 0.15) is 12.0 Å². The van der Waals surface area contributed by atoms with Crippen molar-refractivity contribution in [3.63, 3.8) is 0 Å². The van der Waals surface area contributed by atoms with Gasteiger partial charge in [-0.3, -0.25) is 14.6 Å². The van der Waals surface area contributed by atoms with Crippen LogP contribution in [0.2, 0.25) is 0 Å². The normalized spacial score (nSPS) is 16.6. The molecule has 42 heavy (non-hydrogen) atoms. The molecule has 3 aromatic rings. The van der Waals surface area contributed by atoms with Gasteiger partial charge in [-0.1, -0.05) is 48.5 Å². The number of aryl methyl sites for hydroxylation is 1. The number of H-pyrrole nitrogens is 1. The van der Waals surface area contributed by atoms with E-state index in [1.807, 2.05) is 23.2 Å². The zero-order valence-corrected chi connectivity index (χ0v) is 24.7. The number of nitrogens with one attached hydrogen (secondary N) is 2. The number of likely N-dealkylation sites (N-methyl/N-ethyl adjacent to an activating group) is 1. The molecule has 2 aromatic carbocycles. The van der Waals surface area contributed by atoms with Crippen molar-refractivity contribution < 1.29 is 9.59 Å². The Kier molecular flexibility index (Phi) is 10.3. The van der Waals surface area contributed by atoms with Crippen molar-refractivity contribution in [1.82, 2.24) is 25.1 Å². The van der Waals surface area contributed by atoms with Gasteiger partial charge in [-0.15, -0.1) is 0 Å². The average Bonchev–Trinajstić information content (AvgIpc) is 3.66. The van der Waals surface area contributed by atoms with E-state index in [2.05, 4.69) is 63.4 Å². The fourth-order valence-electron chi connectivity index (χ4n) is 5.17. The second kappa shape index (κ2) is 14.1. The third-order valence-corrected chi connectivity index (χ3v) is 7.49. The van der Waals surface area contributed by atoms with E-state index in [1.54, 1.807) is 32.0 Å². The standard InChI is InChI=1S/C32H42N8O2/c1-21(33)31(41)39(4)17-5-7-29-36-20-28(37-29)26-15-11-24(12-16-26)23-9-13-25(14-10-23)27(19-35-3)38-30-8-6-18-40(30)32(42)22(2)34/h9-16,19-22,30,38H,3,5-8,17-18,33-34H2,1-2,4H3,(H,36,37)/b27-19-/t21-,22-,30?/m0/s1. The monoisotopic (exact) mass is 570 g/mol. The number of aliphatic imine (C=N–C) groups is 1. The molecule has 0 aliphatic carbocycles. The third kappa shape index (κ3) is 7.51. The first kappa shape index (κ1) is 30.7. The van der Waals surface area contributed by atoms with E-state index < -0.39 is 12.1 Å². The van der Waals surface area contributed by atoms with Gasteiger partial charge < -0.3 is 31.6 Å². The lowest BCUT2D eigenvalue weighted by atomic mass is 10.0. The minimum Gasteiger partial charge on any atom is -0.363 e. The first-order chi connectivity index (χ1) is 20.2. The molecule has 0 spiro atoms. The number of rotatable bonds is 12. The highest BCUT2D eigenvalue weighted by molar-refractivity contribution is 5.82. The smallest absolute Gasteiger partial charge is 0.240 e. The average molecular weight is 571 g/mol. The molecule has 1 aliphatic heterocycles. The molecule has 10 heteroatoms. The predicted octanol–water partition coefficient (Wildman–Crippen LogP) is 3.37. The Morgan fingerprint density at radius 1 is 1.12 bits per heavy atom. The van der Waals surface area contributed by atoms with E-state index in [1.165, 1.54) is 0 Å². The summed E-state index contributed by atoms with van der Waals surface area (Å²) in [7, 11) is 1.77. The molecule has 0 bridgehead atoms. The van der Waals surface area contributed by atoms with E-state index in [0.29, 0.717) is 13.1 Å².